The number of anilines is 2. The molecule has 7 nitrogen and oxygen atoms in total. The monoisotopic (exact) mass is 568 g/mol. The molecule has 4 heterocycles. The van der Waals surface area contributed by atoms with E-state index in [1.165, 1.54) is 16.5 Å². The van der Waals surface area contributed by atoms with E-state index in [1.54, 1.807) is 35.9 Å². The number of fused-ring (bicyclic) bond motifs is 4. The molecular formula is C32H33FN6OS. The number of hydrogen-bond acceptors (Lipinski definition) is 6. The molecule has 1 aliphatic rings. The minimum absolute atomic E-state index is 0.0485. The quantitative estimate of drug-likeness (QED) is 0.221. The van der Waals surface area contributed by atoms with Crippen molar-refractivity contribution in [2.24, 2.45) is 0 Å². The van der Waals surface area contributed by atoms with Crippen molar-refractivity contribution in [1.29, 1.82) is 0 Å². The van der Waals surface area contributed by atoms with E-state index in [0.717, 1.165) is 51.2 Å². The van der Waals surface area contributed by atoms with Gasteiger partial charge < -0.3 is 19.7 Å². The number of rotatable bonds is 8. The number of amides is 1. The van der Waals surface area contributed by atoms with Crippen molar-refractivity contribution in [2.45, 2.75) is 39.4 Å². The van der Waals surface area contributed by atoms with Crippen LogP contribution in [0.4, 0.5) is 15.9 Å². The van der Waals surface area contributed by atoms with Gasteiger partial charge in [0.25, 0.3) is 0 Å². The van der Waals surface area contributed by atoms with Gasteiger partial charge in [0.1, 0.15) is 22.8 Å². The zero-order chi connectivity index (χ0) is 28.5. The second-order valence-electron chi connectivity index (χ2n) is 10.8. The summed E-state index contributed by atoms with van der Waals surface area (Å²) in [4.78, 5) is 28.2. The Hall–Kier alpha value is -4.08. The lowest BCUT2D eigenvalue weighted by atomic mass is 10.0. The maximum absolute atomic E-state index is 13.7. The van der Waals surface area contributed by atoms with E-state index in [-0.39, 0.29) is 11.7 Å². The topological polar surface area (TPSA) is 66.3 Å². The Bertz CT molecular complexity index is 1760. The Balaban J connectivity index is 1.20. The van der Waals surface area contributed by atoms with Gasteiger partial charge >= 0.3 is 0 Å². The summed E-state index contributed by atoms with van der Waals surface area (Å²) in [7, 11) is 2.06. The number of aromatic nitrogens is 3. The molecule has 5 aromatic rings. The van der Waals surface area contributed by atoms with Gasteiger partial charge in [0, 0.05) is 59.4 Å². The molecule has 3 aromatic heterocycles. The van der Waals surface area contributed by atoms with Gasteiger partial charge in [0.2, 0.25) is 5.91 Å². The molecule has 0 fully saturated rings. The van der Waals surface area contributed by atoms with E-state index in [0.29, 0.717) is 25.7 Å². The highest BCUT2D eigenvalue weighted by Crippen LogP contribution is 2.38. The first-order chi connectivity index (χ1) is 19.9. The highest BCUT2D eigenvalue weighted by atomic mass is 32.1. The number of halogens is 1. The van der Waals surface area contributed by atoms with Crippen LogP contribution in [0.25, 0.3) is 21.1 Å². The lowest BCUT2D eigenvalue weighted by Crippen LogP contribution is -2.34. The molecular weight excluding hydrogens is 535 g/mol. The number of nitrogens with zero attached hydrogens (tertiary/aromatic N) is 5. The van der Waals surface area contributed by atoms with Gasteiger partial charge in [-0.25, -0.2) is 14.4 Å². The fourth-order valence-corrected chi connectivity index (χ4v) is 6.43. The summed E-state index contributed by atoms with van der Waals surface area (Å²) in [6, 6.07) is 15.4. The molecule has 1 aliphatic heterocycles. The van der Waals surface area contributed by atoms with Gasteiger partial charge in [0.15, 0.2) is 0 Å². The van der Waals surface area contributed by atoms with Crippen LogP contribution in [0, 0.1) is 5.82 Å². The van der Waals surface area contributed by atoms with E-state index in [9.17, 15) is 9.18 Å². The second-order valence-corrected chi connectivity index (χ2v) is 11.9. The van der Waals surface area contributed by atoms with Crippen LogP contribution < -0.4 is 5.32 Å². The van der Waals surface area contributed by atoms with E-state index >= 15 is 0 Å². The molecule has 9 heteroatoms. The Morgan fingerprint density at radius 3 is 2.90 bits per heavy atom. The van der Waals surface area contributed by atoms with E-state index in [4.69, 9.17) is 0 Å². The summed E-state index contributed by atoms with van der Waals surface area (Å²) in [5.41, 5.74) is 4.16. The molecule has 0 spiro atoms. The summed E-state index contributed by atoms with van der Waals surface area (Å²) in [5.74, 6) is 0.605. The van der Waals surface area contributed by atoms with Gasteiger partial charge in [-0.15, -0.1) is 11.3 Å². The molecule has 41 heavy (non-hydrogen) atoms. The fourth-order valence-electron chi connectivity index (χ4n) is 5.23. The highest BCUT2D eigenvalue weighted by Gasteiger charge is 2.25. The van der Waals surface area contributed by atoms with Crippen molar-refractivity contribution in [3.63, 3.8) is 0 Å². The van der Waals surface area contributed by atoms with E-state index in [1.807, 2.05) is 29.3 Å². The average molecular weight is 569 g/mol. The molecule has 0 unspecified atom stereocenters. The summed E-state index contributed by atoms with van der Waals surface area (Å²) in [6.07, 6.45) is 8.04. The molecule has 6 rings (SSSR count). The Kier molecular flexibility index (Phi) is 7.55. The Labute approximate surface area is 242 Å². The third kappa shape index (κ3) is 5.73. The predicted molar refractivity (Wildman–Crippen MR) is 164 cm³/mol. The molecule has 0 bridgehead atoms. The summed E-state index contributed by atoms with van der Waals surface area (Å²) < 4.78 is 15.8. The average Bonchev–Trinajstić information content (AvgIpc) is 3.53. The minimum Gasteiger partial charge on any atom is -0.343 e. The Morgan fingerprint density at radius 2 is 2.07 bits per heavy atom. The van der Waals surface area contributed by atoms with Gasteiger partial charge in [-0.2, -0.15) is 0 Å². The predicted octanol–water partition coefficient (Wildman–Crippen LogP) is 6.36. The molecule has 0 saturated carbocycles. The molecule has 210 valence electrons. The van der Waals surface area contributed by atoms with Crippen molar-refractivity contribution in [1.82, 2.24) is 24.3 Å². The van der Waals surface area contributed by atoms with E-state index in [2.05, 4.69) is 63.8 Å². The van der Waals surface area contributed by atoms with E-state index < -0.39 is 0 Å². The van der Waals surface area contributed by atoms with Crippen LogP contribution in [-0.4, -0.2) is 56.4 Å². The van der Waals surface area contributed by atoms with Crippen LogP contribution in [0.5, 0.6) is 0 Å². The number of benzene rings is 2. The van der Waals surface area contributed by atoms with Crippen LogP contribution in [0.3, 0.4) is 0 Å². The fraction of sp³-hybridized carbons (Fsp3) is 0.281. The van der Waals surface area contributed by atoms with Crippen molar-refractivity contribution < 1.29 is 9.18 Å². The first-order valence-electron chi connectivity index (χ1n) is 13.9. The molecule has 0 atom stereocenters. The number of thiophene rings is 1. The standard InChI is InChI=1S/C32H33FN6OS/c1-21(2)37(3)13-5-8-29(40)39-15-12-26-28(19-39)41-32-30(26)31(34-20-35-32)36-25-9-10-27-23(17-25)11-14-38(27)18-22-6-4-7-24(33)16-22/h4-11,14,16-17,20-21H,12-13,15,18-19H2,1-3H3,(H,34,35,36)/b8-5+. The molecule has 0 saturated heterocycles. The Morgan fingerprint density at radius 1 is 1.20 bits per heavy atom. The van der Waals surface area contributed by atoms with Crippen molar-refractivity contribution in [2.75, 3.05) is 25.5 Å². The smallest absolute Gasteiger partial charge is 0.246 e. The third-order valence-electron chi connectivity index (χ3n) is 7.76. The molecule has 1 amide bonds. The lowest BCUT2D eigenvalue weighted by molar-refractivity contribution is -0.126. The van der Waals surface area contributed by atoms with Gasteiger partial charge in [-0.3, -0.25) is 4.79 Å². The number of nitrogens with one attached hydrogen (secondary N) is 1. The van der Waals surface area contributed by atoms with Crippen LogP contribution in [0.1, 0.15) is 29.9 Å². The summed E-state index contributed by atoms with van der Waals surface area (Å²) >= 11 is 1.64. The highest BCUT2D eigenvalue weighted by molar-refractivity contribution is 7.19. The first kappa shape index (κ1) is 27.1. The van der Waals surface area contributed by atoms with Crippen molar-refractivity contribution >= 4 is 49.9 Å². The largest absolute Gasteiger partial charge is 0.343 e. The van der Waals surface area contributed by atoms with Gasteiger partial charge in [-0.05, 0) is 74.8 Å². The number of hydrogen-bond donors (Lipinski definition) is 1. The number of likely N-dealkylation sites (N-methyl/N-ethyl adjacent to an activating group) is 1. The third-order valence-corrected chi connectivity index (χ3v) is 8.88. The SMILES string of the molecule is CC(C)N(C)C/C=C/C(=O)N1CCc2c(sc3ncnc(Nc4ccc5c(ccn5Cc5cccc(F)c5)c4)c23)C1. The zero-order valence-corrected chi connectivity index (χ0v) is 24.3. The first-order valence-corrected chi connectivity index (χ1v) is 14.7. The second kappa shape index (κ2) is 11.4. The normalized spacial score (nSPS) is 13.7. The molecule has 0 radical (unpaired) electrons. The summed E-state index contributed by atoms with van der Waals surface area (Å²) in [6.45, 7) is 6.89. The lowest BCUT2D eigenvalue weighted by Gasteiger charge is -2.26. The van der Waals surface area contributed by atoms with Crippen LogP contribution in [0.2, 0.25) is 0 Å². The van der Waals surface area contributed by atoms with Crippen molar-refractivity contribution in [3.05, 3.63) is 95.0 Å². The van der Waals surface area contributed by atoms with Crippen LogP contribution in [-0.2, 0) is 24.3 Å². The van der Waals surface area contributed by atoms with Gasteiger partial charge in [0.05, 0.1) is 11.9 Å². The molecule has 1 N–H and O–H groups in total. The number of carbonyl (C=O) groups is 1. The minimum atomic E-state index is -0.224. The van der Waals surface area contributed by atoms with Gasteiger partial charge in [-0.1, -0.05) is 18.2 Å². The maximum atomic E-state index is 13.7. The maximum Gasteiger partial charge on any atom is 0.246 e. The summed E-state index contributed by atoms with van der Waals surface area (Å²) in [5, 5.41) is 5.65. The van der Waals surface area contributed by atoms with Crippen LogP contribution in [0.15, 0.2) is 73.2 Å². The number of carbonyl (C=O) groups excluding carboxylic acids is 1. The zero-order valence-electron chi connectivity index (χ0n) is 23.5. The van der Waals surface area contributed by atoms with Crippen LogP contribution >= 0.6 is 11.3 Å². The molecule has 2 aromatic carbocycles. The molecule has 0 aliphatic carbocycles. The van der Waals surface area contributed by atoms with Crippen molar-refractivity contribution in [3.8, 4) is 0 Å².